The molecule has 0 spiro atoms. The molecule has 0 saturated carbocycles. The molecule has 1 aromatic heterocycles. The summed E-state index contributed by atoms with van der Waals surface area (Å²) in [6.07, 6.45) is 1.09. The monoisotopic (exact) mass is 142 g/mol. The number of aromatic carboxylic acids is 1. The SMILES string of the molecule is O=C(O)c1coc(CO)c1. The Morgan fingerprint density at radius 3 is 2.70 bits per heavy atom. The number of rotatable bonds is 2. The summed E-state index contributed by atoms with van der Waals surface area (Å²) < 4.78 is 4.64. The van der Waals surface area contributed by atoms with Crippen LogP contribution in [-0.4, -0.2) is 16.2 Å². The van der Waals surface area contributed by atoms with Gasteiger partial charge in [0.1, 0.15) is 18.6 Å². The molecule has 0 amide bonds. The molecular formula is C6H6O4. The Bertz CT molecular complexity index is 238. The second kappa shape index (κ2) is 2.53. The van der Waals surface area contributed by atoms with Gasteiger partial charge in [-0.1, -0.05) is 0 Å². The molecule has 4 heteroatoms. The van der Waals surface area contributed by atoms with Crippen LogP contribution in [0.2, 0.25) is 0 Å². The Labute approximate surface area is 56.7 Å². The molecule has 1 heterocycles. The molecule has 0 radical (unpaired) electrons. The first-order chi connectivity index (χ1) is 4.74. The van der Waals surface area contributed by atoms with Gasteiger partial charge in [0.15, 0.2) is 0 Å². The van der Waals surface area contributed by atoms with Crippen LogP contribution >= 0.6 is 0 Å². The number of hydrogen-bond acceptors (Lipinski definition) is 3. The predicted octanol–water partition coefficient (Wildman–Crippen LogP) is 0.470. The molecule has 0 saturated heterocycles. The number of furan rings is 1. The van der Waals surface area contributed by atoms with E-state index in [9.17, 15) is 4.79 Å². The third-order valence-electron chi connectivity index (χ3n) is 1.06. The van der Waals surface area contributed by atoms with Gasteiger partial charge in [0, 0.05) is 0 Å². The summed E-state index contributed by atoms with van der Waals surface area (Å²) >= 11 is 0. The number of carboxylic acids is 1. The van der Waals surface area contributed by atoms with E-state index in [1.807, 2.05) is 0 Å². The number of hydrogen-bond donors (Lipinski definition) is 2. The molecule has 0 aliphatic carbocycles. The van der Waals surface area contributed by atoms with Crippen molar-refractivity contribution in [3.05, 3.63) is 23.7 Å². The Hall–Kier alpha value is -1.29. The summed E-state index contributed by atoms with van der Waals surface area (Å²) in [4.78, 5) is 10.2. The summed E-state index contributed by atoms with van der Waals surface area (Å²) in [7, 11) is 0. The molecular weight excluding hydrogens is 136 g/mol. The molecule has 4 nitrogen and oxygen atoms in total. The second-order valence-electron chi connectivity index (χ2n) is 1.76. The van der Waals surface area contributed by atoms with Crippen molar-refractivity contribution in [2.24, 2.45) is 0 Å². The molecule has 10 heavy (non-hydrogen) atoms. The largest absolute Gasteiger partial charge is 0.478 e. The normalized spacial score (nSPS) is 9.70. The van der Waals surface area contributed by atoms with Gasteiger partial charge in [-0.25, -0.2) is 4.79 Å². The van der Waals surface area contributed by atoms with Gasteiger partial charge in [0.2, 0.25) is 0 Å². The molecule has 1 aromatic rings. The molecule has 0 aliphatic rings. The first kappa shape index (κ1) is 6.82. The highest BCUT2D eigenvalue weighted by molar-refractivity contribution is 5.87. The van der Waals surface area contributed by atoms with Gasteiger partial charge in [-0.3, -0.25) is 0 Å². The predicted molar refractivity (Wildman–Crippen MR) is 31.6 cm³/mol. The highest BCUT2D eigenvalue weighted by Crippen LogP contribution is 2.06. The lowest BCUT2D eigenvalue weighted by molar-refractivity contribution is 0.0696. The van der Waals surface area contributed by atoms with Crippen LogP contribution in [0.15, 0.2) is 16.7 Å². The number of aliphatic hydroxyl groups excluding tert-OH is 1. The van der Waals surface area contributed by atoms with Crippen LogP contribution in [0, 0.1) is 0 Å². The van der Waals surface area contributed by atoms with Crippen molar-refractivity contribution in [2.45, 2.75) is 6.61 Å². The molecule has 0 atom stereocenters. The first-order valence-electron chi connectivity index (χ1n) is 2.65. The lowest BCUT2D eigenvalue weighted by Crippen LogP contribution is -1.91. The molecule has 0 aromatic carbocycles. The van der Waals surface area contributed by atoms with Gasteiger partial charge in [0.05, 0.1) is 5.56 Å². The minimum atomic E-state index is -1.05. The highest BCUT2D eigenvalue weighted by Gasteiger charge is 2.06. The Morgan fingerprint density at radius 1 is 1.70 bits per heavy atom. The quantitative estimate of drug-likeness (QED) is 0.629. The van der Waals surface area contributed by atoms with E-state index in [1.54, 1.807) is 0 Å². The van der Waals surface area contributed by atoms with Crippen LogP contribution in [0.3, 0.4) is 0 Å². The molecule has 0 fully saturated rings. The topological polar surface area (TPSA) is 70.7 Å². The fraction of sp³-hybridized carbons (Fsp3) is 0.167. The van der Waals surface area contributed by atoms with Crippen molar-refractivity contribution in [3.63, 3.8) is 0 Å². The van der Waals surface area contributed by atoms with E-state index in [2.05, 4.69) is 4.42 Å². The minimum Gasteiger partial charge on any atom is -0.478 e. The summed E-state index contributed by atoms with van der Waals surface area (Å²) in [6.45, 7) is -0.271. The smallest absolute Gasteiger partial charge is 0.338 e. The third-order valence-corrected chi connectivity index (χ3v) is 1.06. The third kappa shape index (κ3) is 1.16. The summed E-state index contributed by atoms with van der Waals surface area (Å²) in [5, 5.41) is 16.8. The van der Waals surface area contributed by atoms with E-state index < -0.39 is 5.97 Å². The average Bonchev–Trinajstić information content (AvgIpc) is 2.34. The standard InChI is InChI=1S/C6H6O4/c7-2-5-1-4(3-10-5)6(8)9/h1,3,7H,2H2,(H,8,9). The molecule has 0 aliphatic heterocycles. The van der Waals surface area contributed by atoms with Crippen LogP contribution in [0.1, 0.15) is 16.1 Å². The van der Waals surface area contributed by atoms with Gasteiger partial charge in [-0.15, -0.1) is 0 Å². The van der Waals surface area contributed by atoms with Crippen LogP contribution in [0.5, 0.6) is 0 Å². The molecule has 0 bridgehead atoms. The molecule has 54 valence electrons. The summed E-state index contributed by atoms with van der Waals surface area (Å²) in [5.41, 5.74) is 0.0593. The van der Waals surface area contributed by atoms with E-state index in [-0.39, 0.29) is 17.9 Å². The van der Waals surface area contributed by atoms with Crippen molar-refractivity contribution in [2.75, 3.05) is 0 Å². The van der Waals surface area contributed by atoms with Gasteiger partial charge in [-0.05, 0) is 6.07 Å². The average molecular weight is 142 g/mol. The zero-order valence-corrected chi connectivity index (χ0v) is 5.07. The maximum atomic E-state index is 10.2. The van der Waals surface area contributed by atoms with Crippen molar-refractivity contribution >= 4 is 5.97 Å². The maximum absolute atomic E-state index is 10.2. The number of carboxylic acid groups (broad SMARTS) is 1. The van der Waals surface area contributed by atoms with Gasteiger partial charge >= 0.3 is 5.97 Å². The molecule has 2 N–H and O–H groups in total. The van der Waals surface area contributed by atoms with E-state index in [1.165, 1.54) is 6.07 Å². The highest BCUT2D eigenvalue weighted by atomic mass is 16.4. The van der Waals surface area contributed by atoms with E-state index >= 15 is 0 Å². The van der Waals surface area contributed by atoms with Crippen LogP contribution in [0.4, 0.5) is 0 Å². The zero-order chi connectivity index (χ0) is 7.56. The summed E-state index contributed by atoms with van der Waals surface area (Å²) in [6, 6.07) is 1.28. The van der Waals surface area contributed by atoms with Crippen LogP contribution in [0.25, 0.3) is 0 Å². The van der Waals surface area contributed by atoms with E-state index in [4.69, 9.17) is 10.2 Å². The van der Waals surface area contributed by atoms with Crippen molar-refractivity contribution in [1.29, 1.82) is 0 Å². The first-order valence-corrected chi connectivity index (χ1v) is 2.65. The Kier molecular flexibility index (Phi) is 1.73. The van der Waals surface area contributed by atoms with Gasteiger partial charge < -0.3 is 14.6 Å². The van der Waals surface area contributed by atoms with Crippen molar-refractivity contribution in [3.8, 4) is 0 Å². The van der Waals surface area contributed by atoms with E-state index in [0.29, 0.717) is 0 Å². The van der Waals surface area contributed by atoms with Crippen LogP contribution < -0.4 is 0 Å². The Balaban J connectivity index is 2.88. The number of carbonyl (C=O) groups is 1. The van der Waals surface area contributed by atoms with Gasteiger partial charge in [0.25, 0.3) is 0 Å². The molecule has 0 unspecified atom stereocenters. The zero-order valence-electron chi connectivity index (χ0n) is 5.07. The molecule has 1 rings (SSSR count). The van der Waals surface area contributed by atoms with Gasteiger partial charge in [-0.2, -0.15) is 0 Å². The summed E-state index contributed by atoms with van der Waals surface area (Å²) in [5.74, 6) is -0.791. The minimum absolute atomic E-state index is 0.0593. The fourth-order valence-corrected chi connectivity index (χ4v) is 0.576. The lowest BCUT2D eigenvalue weighted by atomic mass is 10.3. The fourth-order valence-electron chi connectivity index (χ4n) is 0.576. The lowest BCUT2D eigenvalue weighted by Gasteiger charge is -1.80. The maximum Gasteiger partial charge on any atom is 0.338 e. The van der Waals surface area contributed by atoms with Crippen molar-refractivity contribution in [1.82, 2.24) is 0 Å². The van der Waals surface area contributed by atoms with Crippen molar-refractivity contribution < 1.29 is 19.4 Å². The second-order valence-corrected chi connectivity index (χ2v) is 1.76. The van der Waals surface area contributed by atoms with E-state index in [0.717, 1.165) is 6.26 Å². The van der Waals surface area contributed by atoms with Crippen LogP contribution in [-0.2, 0) is 6.61 Å². The number of aliphatic hydroxyl groups is 1. The Morgan fingerprint density at radius 2 is 2.40 bits per heavy atom.